The van der Waals surface area contributed by atoms with Gasteiger partial charge in [0.05, 0.1) is 5.56 Å². The van der Waals surface area contributed by atoms with Crippen molar-refractivity contribution in [2.75, 3.05) is 0 Å². The Morgan fingerprint density at radius 3 is 2.58 bits per heavy atom. The van der Waals surface area contributed by atoms with E-state index in [9.17, 15) is 9.18 Å². The molecule has 0 spiro atoms. The van der Waals surface area contributed by atoms with Gasteiger partial charge in [0.25, 0.3) is 0 Å². The van der Waals surface area contributed by atoms with E-state index in [1.54, 1.807) is 24.4 Å². The summed E-state index contributed by atoms with van der Waals surface area (Å²) in [6, 6.07) is 10.2. The summed E-state index contributed by atoms with van der Waals surface area (Å²) in [6.45, 7) is 0. The molecule has 1 aromatic heterocycles. The van der Waals surface area contributed by atoms with Crippen molar-refractivity contribution in [3.05, 3.63) is 65.7 Å². The molecule has 2 aromatic rings. The number of rotatable bonds is 3. The Balaban J connectivity index is 2.06. The highest BCUT2D eigenvalue weighted by Gasteiger charge is 2.10. The summed E-state index contributed by atoms with van der Waals surface area (Å²) in [5, 5.41) is 3.51. The summed E-state index contributed by atoms with van der Waals surface area (Å²) in [7, 11) is 0. The van der Waals surface area contributed by atoms with Crippen LogP contribution in [0.25, 0.3) is 0 Å². The first-order valence-corrected chi connectivity index (χ1v) is 5.44. The zero-order valence-corrected chi connectivity index (χ0v) is 9.84. The van der Waals surface area contributed by atoms with E-state index < -0.39 is 11.8 Å². The number of halogens is 1. The lowest BCUT2D eigenvalue weighted by Crippen LogP contribution is -2.24. The molecule has 0 fully saturated rings. The smallest absolute Gasteiger partial charge is 0.365 e. The van der Waals surface area contributed by atoms with Crippen molar-refractivity contribution in [3.8, 4) is 0 Å². The lowest BCUT2D eigenvalue weighted by atomic mass is 10.2. The molecule has 3 N–H and O–H groups in total. The molecular weight excluding hydrogens is 249 g/mol. The molecule has 0 aliphatic heterocycles. The number of nitrogens with one attached hydrogen (secondary N) is 1. The Kier molecular flexibility index (Phi) is 3.82. The number of nitrogens with two attached hydrogens (primary N) is 1. The molecule has 96 valence electrons. The monoisotopic (exact) mass is 260 g/mol. The van der Waals surface area contributed by atoms with E-state index in [4.69, 9.17) is 5.73 Å². The Hall–Kier alpha value is -2.76. The highest BCUT2D eigenvalue weighted by Crippen LogP contribution is 2.04. The van der Waals surface area contributed by atoms with Crippen LogP contribution in [0, 0.1) is 5.82 Å². The lowest BCUT2D eigenvalue weighted by Gasteiger charge is -1.98. The van der Waals surface area contributed by atoms with Gasteiger partial charge in [-0.3, -0.25) is 0 Å². The molecule has 2 rings (SSSR count). The first-order valence-electron chi connectivity index (χ1n) is 5.44. The maximum Gasteiger partial charge on any atom is 0.365 e. The van der Waals surface area contributed by atoms with E-state index in [0.29, 0.717) is 5.69 Å². The highest BCUT2D eigenvalue weighted by molar-refractivity contribution is 5.95. The van der Waals surface area contributed by atoms with E-state index in [1.165, 1.54) is 12.1 Å². The number of oxime groups is 1. The standard InChI is InChI=1S/C13H10FN3O2/c14-10-6-4-9(5-7-10)13(18)19-17-12(15)11-3-1-2-8-16-11/h1-8H,(H2,15,17)/p+1. The number of carbonyl (C=O) groups is 1. The third-order valence-corrected chi connectivity index (χ3v) is 2.29. The molecule has 0 saturated carbocycles. The molecule has 0 radical (unpaired) electrons. The van der Waals surface area contributed by atoms with E-state index in [1.807, 2.05) is 0 Å². The van der Waals surface area contributed by atoms with Gasteiger partial charge in [0.2, 0.25) is 11.5 Å². The largest absolute Gasteiger partial charge is 0.375 e. The summed E-state index contributed by atoms with van der Waals surface area (Å²) in [4.78, 5) is 19.1. The van der Waals surface area contributed by atoms with Crippen LogP contribution in [0.1, 0.15) is 16.1 Å². The number of benzene rings is 1. The van der Waals surface area contributed by atoms with Crippen molar-refractivity contribution in [1.82, 2.24) is 0 Å². The number of amidine groups is 1. The molecule has 0 atom stereocenters. The van der Waals surface area contributed by atoms with Crippen molar-refractivity contribution in [1.29, 1.82) is 0 Å². The molecule has 0 bridgehead atoms. The van der Waals surface area contributed by atoms with Crippen molar-refractivity contribution in [2.45, 2.75) is 0 Å². The van der Waals surface area contributed by atoms with E-state index >= 15 is 0 Å². The van der Waals surface area contributed by atoms with Crippen LogP contribution < -0.4 is 10.7 Å². The second kappa shape index (κ2) is 5.72. The molecule has 5 nitrogen and oxygen atoms in total. The molecule has 0 aliphatic rings. The summed E-state index contributed by atoms with van der Waals surface area (Å²) in [5.41, 5.74) is 6.34. The molecule has 1 aromatic carbocycles. The molecule has 0 amide bonds. The first kappa shape index (κ1) is 12.7. The number of aromatic amines is 1. The Morgan fingerprint density at radius 2 is 1.95 bits per heavy atom. The van der Waals surface area contributed by atoms with Crippen LogP contribution in [0.4, 0.5) is 4.39 Å². The summed E-state index contributed by atoms with van der Waals surface area (Å²) in [6.07, 6.45) is 1.67. The van der Waals surface area contributed by atoms with E-state index in [-0.39, 0.29) is 11.4 Å². The van der Waals surface area contributed by atoms with E-state index in [0.717, 1.165) is 12.1 Å². The van der Waals surface area contributed by atoms with Gasteiger partial charge in [0.1, 0.15) is 5.82 Å². The Labute approximate surface area is 108 Å². The minimum Gasteiger partial charge on any atom is -0.375 e. The van der Waals surface area contributed by atoms with Crippen LogP contribution in [-0.2, 0) is 4.84 Å². The average molecular weight is 260 g/mol. The number of carbonyl (C=O) groups excluding carboxylic acids is 1. The predicted molar refractivity (Wildman–Crippen MR) is 65.5 cm³/mol. The van der Waals surface area contributed by atoms with Gasteiger partial charge in [-0.1, -0.05) is 5.16 Å². The van der Waals surface area contributed by atoms with Crippen molar-refractivity contribution < 1.29 is 19.0 Å². The van der Waals surface area contributed by atoms with Crippen LogP contribution >= 0.6 is 0 Å². The fraction of sp³-hybridized carbons (Fsp3) is 0. The second-order valence-corrected chi connectivity index (χ2v) is 3.64. The van der Waals surface area contributed by atoms with Gasteiger partial charge in [-0.25, -0.2) is 14.2 Å². The maximum atomic E-state index is 12.7. The number of hydrogen-bond acceptors (Lipinski definition) is 3. The van der Waals surface area contributed by atoms with Gasteiger partial charge in [0.15, 0.2) is 6.20 Å². The number of pyridine rings is 1. The molecule has 19 heavy (non-hydrogen) atoms. The molecule has 0 unspecified atom stereocenters. The van der Waals surface area contributed by atoms with Crippen molar-refractivity contribution in [2.24, 2.45) is 10.9 Å². The zero-order chi connectivity index (χ0) is 13.7. The van der Waals surface area contributed by atoms with Crippen LogP contribution in [0.15, 0.2) is 53.8 Å². The van der Waals surface area contributed by atoms with Gasteiger partial charge in [-0.2, -0.15) is 0 Å². The molecule has 1 heterocycles. The average Bonchev–Trinajstić information content (AvgIpc) is 2.46. The van der Waals surface area contributed by atoms with Gasteiger partial charge in [0, 0.05) is 12.1 Å². The third-order valence-electron chi connectivity index (χ3n) is 2.29. The maximum absolute atomic E-state index is 12.7. The van der Waals surface area contributed by atoms with Crippen LogP contribution in [-0.4, -0.2) is 11.8 Å². The van der Waals surface area contributed by atoms with Gasteiger partial charge in [-0.15, -0.1) is 0 Å². The predicted octanol–water partition coefficient (Wildman–Crippen LogP) is 1.12. The summed E-state index contributed by atoms with van der Waals surface area (Å²) >= 11 is 0. The van der Waals surface area contributed by atoms with Crippen LogP contribution in [0.5, 0.6) is 0 Å². The first-order chi connectivity index (χ1) is 9.16. The molecule has 0 aliphatic carbocycles. The molecule has 0 saturated heterocycles. The lowest BCUT2D eigenvalue weighted by molar-refractivity contribution is -0.380. The Bertz CT molecular complexity index is 597. The van der Waals surface area contributed by atoms with Gasteiger partial charge < -0.3 is 10.6 Å². The third kappa shape index (κ3) is 3.35. The SMILES string of the molecule is NC(=NOC(=O)c1ccc(F)cc1)c1cccc[nH+]1. The minimum atomic E-state index is -0.709. The zero-order valence-electron chi connectivity index (χ0n) is 9.84. The number of aromatic nitrogens is 1. The quantitative estimate of drug-likeness (QED) is 0.388. The normalized spacial score (nSPS) is 11.1. The summed E-state index contributed by atoms with van der Waals surface area (Å²) in [5.74, 6) is -1.10. The summed E-state index contributed by atoms with van der Waals surface area (Å²) < 4.78 is 12.7. The number of H-pyrrole nitrogens is 1. The van der Waals surface area contributed by atoms with Crippen LogP contribution in [0.3, 0.4) is 0 Å². The minimum absolute atomic E-state index is 0.0380. The van der Waals surface area contributed by atoms with Gasteiger partial charge >= 0.3 is 5.97 Å². The topological polar surface area (TPSA) is 78.8 Å². The number of nitrogens with zero attached hydrogens (tertiary/aromatic N) is 1. The molecular formula is C13H11FN3O2+. The Morgan fingerprint density at radius 1 is 1.21 bits per heavy atom. The van der Waals surface area contributed by atoms with Crippen molar-refractivity contribution >= 4 is 11.8 Å². The van der Waals surface area contributed by atoms with Crippen LogP contribution in [0.2, 0.25) is 0 Å². The van der Waals surface area contributed by atoms with E-state index in [2.05, 4.69) is 15.0 Å². The second-order valence-electron chi connectivity index (χ2n) is 3.64. The van der Waals surface area contributed by atoms with Crippen molar-refractivity contribution in [3.63, 3.8) is 0 Å². The fourth-order valence-corrected chi connectivity index (χ4v) is 1.33. The fourth-order valence-electron chi connectivity index (χ4n) is 1.33. The molecule has 6 heteroatoms. The highest BCUT2D eigenvalue weighted by atomic mass is 19.1. The number of hydrogen-bond donors (Lipinski definition) is 1. The van der Waals surface area contributed by atoms with Gasteiger partial charge in [-0.05, 0) is 30.3 Å².